The average molecular weight is 272 g/mol. The summed E-state index contributed by atoms with van der Waals surface area (Å²) < 4.78 is 5.36. The Labute approximate surface area is 109 Å². The largest absolute Gasteiger partial charge is 0.492 e. The first-order valence-electron chi connectivity index (χ1n) is 5.34. The lowest BCUT2D eigenvalue weighted by atomic mass is 10.3. The van der Waals surface area contributed by atoms with Crippen LogP contribution in [0, 0.1) is 0 Å². The first-order chi connectivity index (χ1) is 8.63. The highest BCUT2D eigenvalue weighted by molar-refractivity contribution is 6.27. The number of nitrogens with one attached hydrogen (secondary N) is 1. The van der Waals surface area contributed by atoms with E-state index in [0.717, 1.165) is 0 Å². The molecular formula is C11H14ClN3O3. The topological polar surface area (TPSA) is 94.3 Å². The number of ether oxygens (including phenoxy) is 1. The Morgan fingerprint density at radius 2 is 2.22 bits per heavy atom. The minimum atomic E-state index is -0.553. The molecule has 0 aliphatic carbocycles. The van der Waals surface area contributed by atoms with Crippen molar-refractivity contribution in [1.29, 1.82) is 0 Å². The van der Waals surface area contributed by atoms with Crippen molar-refractivity contribution < 1.29 is 14.3 Å². The highest BCUT2D eigenvalue weighted by atomic mass is 35.5. The number of rotatable bonds is 7. The molecule has 0 bridgehead atoms. The van der Waals surface area contributed by atoms with Crippen LogP contribution in [-0.2, 0) is 4.79 Å². The van der Waals surface area contributed by atoms with Gasteiger partial charge < -0.3 is 15.8 Å². The molecule has 6 nitrogen and oxygen atoms in total. The van der Waals surface area contributed by atoms with E-state index in [1.165, 1.54) is 18.5 Å². The molecule has 0 atom stereocenters. The molecule has 7 heteroatoms. The van der Waals surface area contributed by atoms with Gasteiger partial charge in [0.05, 0.1) is 18.4 Å². The molecule has 0 aromatic carbocycles. The van der Waals surface area contributed by atoms with Crippen LogP contribution < -0.4 is 15.8 Å². The molecule has 0 saturated carbocycles. The van der Waals surface area contributed by atoms with Crippen molar-refractivity contribution in [2.75, 3.05) is 19.0 Å². The van der Waals surface area contributed by atoms with Crippen LogP contribution in [0.15, 0.2) is 18.5 Å². The summed E-state index contributed by atoms with van der Waals surface area (Å²) in [4.78, 5) is 25.6. The summed E-state index contributed by atoms with van der Waals surface area (Å²) in [5.41, 5.74) is 5.41. The highest BCUT2D eigenvalue weighted by Crippen LogP contribution is 2.10. The fourth-order valence-electron chi connectivity index (χ4n) is 1.17. The lowest BCUT2D eigenvalue weighted by molar-refractivity contribution is -0.118. The Kier molecular flexibility index (Phi) is 5.93. The van der Waals surface area contributed by atoms with Gasteiger partial charge in [-0.2, -0.15) is 0 Å². The standard InChI is InChI=1S/C11H14ClN3O3/c12-5-10(16)15-2-1-3-18-9-4-8(11(13)17)6-14-7-9/h4,6-7H,1-3,5H2,(H2,13,17)(H,15,16). The van der Waals surface area contributed by atoms with E-state index >= 15 is 0 Å². The SMILES string of the molecule is NC(=O)c1cncc(OCCCNC(=O)CCl)c1. The van der Waals surface area contributed by atoms with E-state index in [0.29, 0.717) is 30.9 Å². The van der Waals surface area contributed by atoms with Gasteiger partial charge >= 0.3 is 0 Å². The van der Waals surface area contributed by atoms with Gasteiger partial charge in [0.25, 0.3) is 0 Å². The molecule has 0 saturated heterocycles. The van der Waals surface area contributed by atoms with Crippen LogP contribution in [0.1, 0.15) is 16.8 Å². The number of halogens is 1. The second-order valence-electron chi connectivity index (χ2n) is 3.46. The number of carbonyl (C=O) groups is 2. The number of amides is 2. The summed E-state index contributed by atoms with van der Waals surface area (Å²) >= 11 is 5.31. The summed E-state index contributed by atoms with van der Waals surface area (Å²) in [6.07, 6.45) is 3.49. The van der Waals surface area contributed by atoms with E-state index in [1.54, 1.807) is 0 Å². The maximum atomic E-state index is 10.9. The van der Waals surface area contributed by atoms with E-state index in [9.17, 15) is 9.59 Å². The molecule has 0 aliphatic heterocycles. The van der Waals surface area contributed by atoms with Crippen LogP contribution in [0.4, 0.5) is 0 Å². The molecule has 0 aliphatic rings. The van der Waals surface area contributed by atoms with Crippen molar-refractivity contribution in [2.24, 2.45) is 5.73 Å². The number of hydrogen-bond donors (Lipinski definition) is 2. The minimum absolute atomic E-state index is 0.0502. The number of nitrogens with two attached hydrogens (primary N) is 1. The molecule has 2 amide bonds. The minimum Gasteiger partial charge on any atom is -0.492 e. The van der Waals surface area contributed by atoms with Crippen molar-refractivity contribution >= 4 is 23.4 Å². The molecule has 1 aromatic heterocycles. The molecule has 0 radical (unpaired) electrons. The zero-order chi connectivity index (χ0) is 13.4. The quantitative estimate of drug-likeness (QED) is 0.551. The second kappa shape index (κ2) is 7.50. The monoisotopic (exact) mass is 271 g/mol. The van der Waals surface area contributed by atoms with Gasteiger partial charge in [0.1, 0.15) is 11.6 Å². The summed E-state index contributed by atoms with van der Waals surface area (Å²) in [5.74, 6) is -0.350. The van der Waals surface area contributed by atoms with Crippen molar-refractivity contribution in [2.45, 2.75) is 6.42 Å². The summed E-state index contributed by atoms with van der Waals surface area (Å²) in [5, 5.41) is 2.61. The summed E-state index contributed by atoms with van der Waals surface area (Å²) in [6.45, 7) is 0.876. The Balaban J connectivity index is 2.29. The van der Waals surface area contributed by atoms with Crippen LogP contribution in [0.25, 0.3) is 0 Å². The maximum absolute atomic E-state index is 10.9. The molecule has 0 unspecified atom stereocenters. The lowest BCUT2D eigenvalue weighted by Crippen LogP contribution is -2.26. The van der Waals surface area contributed by atoms with Crippen LogP contribution in [0.5, 0.6) is 5.75 Å². The molecule has 18 heavy (non-hydrogen) atoms. The van der Waals surface area contributed by atoms with Crippen LogP contribution in [-0.4, -0.2) is 35.8 Å². The van der Waals surface area contributed by atoms with Crippen molar-refractivity contribution in [3.63, 3.8) is 0 Å². The summed E-state index contributed by atoms with van der Waals surface area (Å²) in [7, 11) is 0. The normalized spacial score (nSPS) is 9.83. The van der Waals surface area contributed by atoms with Gasteiger partial charge in [-0.15, -0.1) is 11.6 Å². The van der Waals surface area contributed by atoms with Crippen molar-refractivity contribution in [1.82, 2.24) is 10.3 Å². The number of nitrogens with zero attached hydrogens (tertiary/aromatic N) is 1. The van der Waals surface area contributed by atoms with Crippen LogP contribution in [0.3, 0.4) is 0 Å². The third-order valence-corrected chi connectivity index (χ3v) is 2.27. The van der Waals surface area contributed by atoms with Crippen molar-refractivity contribution in [3.05, 3.63) is 24.0 Å². The van der Waals surface area contributed by atoms with Gasteiger partial charge in [0.15, 0.2) is 0 Å². The summed E-state index contributed by atoms with van der Waals surface area (Å²) in [6, 6.07) is 1.52. The fraction of sp³-hybridized carbons (Fsp3) is 0.364. The molecule has 1 rings (SSSR count). The van der Waals surface area contributed by atoms with E-state index < -0.39 is 5.91 Å². The zero-order valence-corrected chi connectivity index (χ0v) is 10.4. The average Bonchev–Trinajstić information content (AvgIpc) is 2.38. The van der Waals surface area contributed by atoms with Gasteiger partial charge in [0, 0.05) is 12.7 Å². The number of alkyl halides is 1. The zero-order valence-electron chi connectivity index (χ0n) is 9.69. The van der Waals surface area contributed by atoms with Gasteiger partial charge in [0.2, 0.25) is 11.8 Å². The molecule has 1 aromatic rings. The van der Waals surface area contributed by atoms with E-state index in [-0.39, 0.29) is 11.8 Å². The number of carbonyl (C=O) groups excluding carboxylic acids is 2. The van der Waals surface area contributed by atoms with Crippen LogP contribution >= 0.6 is 11.6 Å². The predicted molar refractivity (Wildman–Crippen MR) is 66.6 cm³/mol. The molecule has 1 heterocycles. The lowest BCUT2D eigenvalue weighted by Gasteiger charge is -2.07. The molecule has 3 N–H and O–H groups in total. The Morgan fingerprint density at radius 1 is 1.44 bits per heavy atom. The Morgan fingerprint density at radius 3 is 2.89 bits per heavy atom. The number of hydrogen-bond acceptors (Lipinski definition) is 4. The molecule has 0 spiro atoms. The molecular weight excluding hydrogens is 258 g/mol. The van der Waals surface area contributed by atoms with Gasteiger partial charge in [-0.25, -0.2) is 0 Å². The number of primary amides is 1. The third-order valence-electron chi connectivity index (χ3n) is 2.03. The van der Waals surface area contributed by atoms with Gasteiger partial charge in [-0.05, 0) is 12.5 Å². The van der Waals surface area contributed by atoms with E-state index in [1.807, 2.05) is 0 Å². The number of aromatic nitrogens is 1. The van der Waals surface area contributed by atoms with Gasteiger partial charge in [-0.1, -0.05) is 0 Å². The highest BCUT2D eigenvalue weighted by Gasteiger charge is 2.03. The van der Waals surface area contributed by atoms with E-state index in [2.05, 4.69) is 10.3 Å². The van der Waals surface area contributed by atoms with Crippen molar-refractivity contribution in [3.8, 4) is 5.75 Å². The molecule has 0 fully saturated rings. The first kappa shape index (κ1) is 14.2. The van der Waals surface area contributed by atoms with E-state index in [4.69, 9.17) is 22.1 Å². The fourth-order valence-corrected chi connectivity index (χ4v) is 1.26. The second-order valence-corrected chi connectivity index (χ2v) is 3.73. The number of pyridine rings is 1. The Bertz CT molecular complexity index is 426. The smallest absolute Gasteiger partial charge is 0.250 e. The third kappa shape index (κ3) is 5.01. The maximum Gasteiger partial charge on any atom is 0.250 e. The predicted octanol–water partition coefficient (Wildman–Crippen LogP) is 0.304. The van der Waals surface area contributed by atoms with Gasteiger partial charge in [-0.3, -0.25) is 14.6 Å². The first-order valence-corrected chi connectivity index (χ1v) is 5.87. The van der Waals surface area contributed by atoms with Crippen LogP contribution in [0.2, 0.25) is 0 Å². The molecule has 98 valence electrons. The Hall–Kier alpha value is -1.82.